The molecule has 5 rings (SSSR count). The summed E-state index contributed by atoms with van der Waals surface area (Å²) in [5, 5.41) is 2.00. The van der Waals surface area contributed by atoms with Gasteiger partial charge in [0.15, 0.2) is 17.7 Å². The molecule has 0 unspecified atom stereocenters. The van der Waals surface area contributed by atoms with Crippen LogP contribution in [0.1, 0.15) is 25.0 Å². The van der Waals surface area contributed by atoms with Gasteiger partial charge in [-0.15, -0.1) is 11.3 Å². The molecule has 26 heavy (non-hydrogen) atoms. The monoisotopic (exact) mass is 367 g/mol. The van der Waals surface area contributed by atoms with Gasteiger partial charge in [0.25, 0.3) is 0 Å². The molecular formula is C18H15N4O3S. The molecule has 0 spiro atoms. The van der Waals surface area contributed by atoms with Crippen LogP contribution in [0, 0.1) is 18.0 Å². The van der Waals surface area contributed by atoms with Crippen LogP contribution < -0.4 is 0 Å². The van der Waals surface area contributed by atoms with Crippen LogP contribution in [0.5, 0.6) is 0 Å². The van der Waals surface area contributed by atoms with Crippen LogP contribution in [0.2, 0.25) is 0 Å². The summed E-state index contributed by atoms with van der Waals surface area (Å²) in [4.78, 5) is 13.5. The normalized spacial score (nSPS) is 29.5. The fraction of sp³-hybridized carbons (Fsp3) is 0.389. The highest BCUT2D eigenvalue weighted by molar-refractivity contribution is 7.10. The van der Waals surface area contributed by atoms with E-state index in [1.165, 1.54) is 6.33 Å². The maximum absolute atomic E-state index is 6.20. The molecule has 7 nitrogen and oxygen atoms in total. The van der Waals surface area contributed by atoms with Crippen molar-refractivity contribution < 1.29 is 14.2 Å². The van der Waals surface area contributed by atoms with Gasteiger partial charge in [0, 0.05) is 0 Å². The van der Waals surface area contributed by atoms with Gasteiger partial charge in [-0.05, 0) is 25.3 Å². The van der Waals surface area contributed by atoms with Gasteiger partial charge in [0.05, 0.1) is 11.2 Å². The number of hydrogen-bond donors (Lipinski definition) is 0. The van der Waals surface area contributed by atoms with Gasteiger partial charge < -0.3 is 14.2 Å². The minimum atomic E-state index is -0.697. The minimum absolute atomic E-state index is 0.286. The average Bonchev–Trinajstić information content (AvgIpc) is 3.36. The summed E-state index contributed by atoms with van der Waals surface area (Å²) >= 11 is 1.59. The molecule has 0 amide bonds. The maximum Gasteiger partial charge on any atom is 0.167 e. The topological polar surface area (TPSA) is 71.3 Å². The molecule has 0 aliphatic carbocycles. The zero-order valence-corrected chi connectivity index (χ0v) is 14.9. The summed E-state index contributed by atoms with van der Waals surface area (Å²) < 4.78 is 20.2. The Kier molecular flexibility index (Phi) is 3.58. The fourth-order valence-corrected chi connectivity index (χ4v) is 3.91. The Morgan fingerprint density at radius 1 is 1.27 bits per heavy atom. The molecule has 2 fully saturated rings. The van der Waals surface area contributed by atoms with Gasteiger partial charge in [-0.1, -0.05) is 17.9 Å². The number of hydrogen-bond acceptors (Lipinski definition) is 7. The van der Waals surface area contributed by atoms with Crippen molar-refractivity contribution in [1.82, 2.24) is 19.5 Å². The Balaban J connectivity index is 1.52. The number of thiophene rings is 1. The van der Waals surface area contributed by atoms with Crippen molar-refractivity contribution in [3.05, 3.63) is 41.2 Å². The van der Waals surface area contributed by atoms with Crippen LogP contribution in [-0.2, 0) is 14.2 Å². The van der Waals surface area contributed by atoms with Crippen LogP contribution in [0.4, 0.5) is 0 Å². The Hall–Kier alpha value is -2.31. The summed E-state index contributed by atoms with van der Waals surface area (Å²) in [5.74, 6) is 5.66. The first-order chi connectivity index (χ1) is 12.6. The number of imidazole rings is 1. The van der Waals surface area contributed by atoms with Crippen molar-refractivity contribution in [3.8, 4) is 11.8 Å². The van der Waals surface area contributed by atoms with E-state index in [9.17, 15) is 0 Å². The van der Waals surface area contributed by atoms with Crippen molar-refractivity contribution in [2.75, 3.05) is 0 Å². The van der Waals surface area contributed by atoms with Gasteiger partial charge in [-0.25, -0.2) is 15.0 Å². The third kappa shape index (κ3) is 2.61. The van der Waals surface area contributed by atoms with E-state index in [1.54, 1.807) is 17.7 Å². The van der Waals surface area contributed by atoms with Gasteiger partial charge >= 0.3 is 0 Å². The second-order valence-corrected chi connectivity index (χ2v) is 7.52. The lowest BCUT2D eigenvalue weighted by atomic mass is 10.1. The first-order valence-electron chi connectivity index (χ1n) is 8.22. The first kappa shape index (κ1) is 15.9. The standard InChI is InChI=1S/C18H15N4O3S/c1-18(2)24-14-13(6-5-11-4-3-7-26-11)23-17(15(14)25-18)22-10-21-12-8-19-9-20-16(12)22/h3-4,7,9-10,13-15,17H,1-2H3/t13-,14-,15-,17-/m1/s1. The molecule has 0 N–H and O–H groups in total. The largest absolute Gasteiger partial charge is 0.341 e. The Labute approximate surface area is 154 Å². The number of fused-ring (bicyclic) bond motifs is 2. The average molecular weight is 367 g/mol. The third-order valence-electron chi connectivity index (χ3n) is 4.34. The molecule has 0 aromatic carbocycles. The Bertz CT molecular complexity index is 1000. The van der Waals surface area contributed by atoms with Gasteiger partial charge in [0.2, 0.25) is 0 Å². The van der Waals surface area contributed by atoms with E-state index in [0.29, 0.717) is 11.2 Å². The number of nitrogens with zero attached hydrogens (tertiary/aromatic N) is 4. The smallest absolute Gasteiger partial charge is 0.167 e. The van der Waals surface area contributed by atoms with Gasteiger partial charge in [-0.2, -0.15) is 0 Å². The second kappa shape index (κ2) is 5.86. The summed E-state index contributed by atoms with van der Waals surface area (Å²) in [6.07, 6.45) is 4.51. The molecule has 8 heteroatoms. The molecule has 3 aromatic heterocycles. The van der Waals surface area contributed by atoms with E-state index < -0.39 is 18.1 Å². The minimum Gasteiger partial charge on any atom is -0.341 e. The molecule has 2 aliphatic rings. The van der Waals surface area contributed by atoms with E-state index in [2.05, 4.69) is 33.0 Å². The lowest BCUT2D eigenvalue weighted by Gasteiger charge is -2.23. The zero-order chi connectivity index (χ0) is 17.7. The number of aromatic nitrogens is 4. The summed E-state index contributed by atoms with van der Waals surface area (Å²) in [6.45, 7) is 3.79. The molecule has 5 heterocycles. The SMILES string of the molecule is CC1(C)O[C@@H]2[C@H](O1)[C@@H](C#Cc1cccs1)O[C@H]2n1cnc2[c]ncnc21. The highest BCUT2D eigenvalue weighted by Crippen LogP contribution is 2.43. The van der Waals surface area contributed by atoms with E-state index in [0.717, 1.165) is 4.88 Å². The Morgan fingerprint density at radius 2 is 2.15 bits per heavy atom. The van der Waals surface area contributed by atoms with Crippen LogP contribution >= 0.6 is 11.3 Å². The van der Waals surface area contributed by atoms with Gasteiger partial charge in [-0.3, -0.25) is 4.57 Å². The van der Waals surface area contributed by atoms with Crippen LogP contribution in [-0.4, -0.2) is 43.6 Å². The Morgan fingerprint density at radius 3 is 3.00 bits per heavy atom. The van der Waals surface area contributed by atoms with E-state index in [1.807, 2.05) is 35.9 Å². The van der Waals surface area contributed by atoms with Crippen LogP contribution in [0.15, 0.2) is 30.2 Å². The summed E-state index contributed by atoms with van der Waals surface area (Å²) in [5.41, 5.74) is 1.22. The van der Waals surface area contributed by atoms with Crippen molar-refractivity contribution in [3.63, 3.8) is 0 Å². The van der Waals surface area contributed by atoms with Gasteiger partial charge in [0.1, 0.15) is 36.4 Å². The molecule has 3 aromatic rings. The third-order valence-corrected chi connectivity index (χ3v) is 5.12. The highest BCUT2D eigenvalue weighted by Gasteiger charge is 2.55. The molecular weight excluding hydrogens is 352 g/mol. The predicted octanol–water partition coefficient (Wildman–Crippen LogP) is 2.16. The maximum atomic E-state index is 6.20. The molecule has 0 saturated carbocycles. The van der Waals surface area contributed by atoms with Crippen molar-refractivity contribution >= 4 is 22.5 Å². The highest BCUT2D eigenvalue weighted by atomic mass is 32.1. The predicted molar refractivity (Wildman–Crippen MR) is 93.1 cm³/mol. The van der Waals surface area contributed by atoms with Crippen molar-refractivity contribution in [2.24, 2.45) is 0 Å². The van der Waals surface area contributed by atoms with Crippen LogP contribution in [0.3, 0.4) is 0 Å². The molecule has 131 valence electrons. The molecule has 0 bridgehead atoms. The van der Waals surface area contributed by atoms with Crippen molar-refractivity contribution in [2.45, 2.75) is 44.2 Å². The quantitative estimate of drug-likeness (QED) is 0.614. The fourth-order valence-electron chi connectivity index (χ4n) is 3.33. The van der Waals surface area contributed by atoms with Crippen molar-refractivity contribution in [1.29, 1.82) is 0 Å². The van der Waals surface area contributed by atoms with E-state index >= 15 is 0 Å². The molecule has 2 saturated heterocycles. The van der Waals surface area contributed by atoms with E-state index in [-0.39, 0.29) is 12.2 Å². The van der Waals surface area contributed by atoms with Crippen LogP contribution in [0.25, 0.3) is 11.2 Å². The lowest BCUT2D eigenvalue weighted by Crippen LogP contribution is -2.28. The number of rotatable bonds is 1. The zero-order valence-electron chi connectivity index (χ0n) is 14.1. The second-order valence-electron chi connectivity index (χ2n) is 6.57. The molecule has 2 aliphatic heterocycles. The lowest BCUT2D eigenvalue weighted by molar-refractivity contribution is -0.190. The number of ether oxygens (including phenoxy) is 3. The summed E-state index contributed by atoms with van der Waals surface area (Å²) in [7, 11) is 0. The summed E-state index contributed by atoms with van der Waals surface area (Å²) in [6, 6.07) is 3.95. The van der Waals surface area contributed by atoms with E-state index in [4.69, 9.17) is 14.2 Å². The first-order valence-corrected chi connectivity index (χ1v) is 9.10. The molecule has 1 radical (unpaired) electrons. The molecule has 4 atom stereocenters.